The Morgan fingerprint density at radius 1 is 0.914 bits per heavy atom. The predicted molar refractivity (Wildman–Crippen MR) is 129 cm³/mol. The Hall–Kier alpha value is -2.99. The van der Waals surface area contributed by atoms with Crippen molar-refractivity contribution in [2.45, 2.75) is 55.9 Å². The van der Waals surface area contributed by atoms with Crippen molar-refractivity contribution < 1.29 is 32.2 Å². The fraction of sp³-hybridized carbons (Fsp3) is 0.417. The molecule has 3 N–H and O–H groups in total. The van der Waals surface area contributed by atoms with Crippen LogP contribution in [-0.2, 0) is 29.0 Å². The lowest BCUT2D eigenvalue weighted by atomic mass is 10.0. The summed E-state index contributed by atoms with van der Waals surface area (Å²) in [6, 6.07) is 12.7. The van der Waals surface area contributed by atoms with Gasteiger partial charge in [0, 0.05) is 18.3 Å². The van der Waals surface area contributed by atoms with Gasteiger partial charge in [0.1, 0.15) is 12.2 Å². The molecule has 2 amide bonds. The zero-order chi connectivity index (χ0) is 25.2. The topological polar surface area (TPSA) is 132 Å². The Morgan fingerprint density at radius 2 is 1.51 bits per heavy atom. The second-order valence-corrected chi connectivity index (χ2v) is 10.6. The summed E-state index contributed by atoms with van der Waals surface area (Å²) in [6.45, 7) is 5.72. The molecular weight excluding hydrogens is 474 g/mol. The number of hydrogen-bond acceptors (Lipinski definition) is 7. The third-order valence-electron chi connectivity index (χ3n) is 5.88. The number of sulfonamides is 1. The number of nitrogens with one attached hydrogen (secondary N) is 3. The van der Waals surface area contributed by atoms with Gasteiger partial charge in [-0.3, -0.25) is 10.1 Å². The van der Waals surface area contributed by atoms with Crippen LogP contribution in [0, 0.1) is 0 Å². The normalized spacial score (nSPS) is 23.7. The quantitative estimate of drug-likeness (QED) is 0.529. The molecule has 2 aliphatic rings. The summed E-state index contributed by atoms with van der Waals surface area (Å²) in [5, 5.41) is 5.28. The van der Waals surface area contributed by atoms with Crippen LogP contribution >= 0.6 is 0 Å². The van der Waals surface area contributed by atoms with Gasteiger partial charge in [0.15, 0.2) is 6.10 Å². The lowest BCUT2D eigenvalue weighted by Gasteiger charge is -2.18. The minimum Gasteiger partial charge on any atom is -0.441 e. The molecule has 11 heteroatoms. The van der Waals surface area contributed by atoms with Gasteiger partial charge in [0.05, 0.1) is 24.2 Å². The first kappa shape index (κ1) is 25.1. The minimum atomic E-state index is -3.86. The third kappa shape index (κ3) is 5.99. The molecule has 2 aliphatic heterocycles. The highest BCUT2D eigenvalue weighted by molar-refractivity contribution is 7.89. The Morgan fingerprint density at radius 3 is 2.14 bits per heavy atom. The van der Waals surface area contributed by atoms with Crippen molar-refractivity contribution in [1.82, 2.24) is 4.72 Å². The molecule has 35 heavy (non-hydrogen) atoms. The number of hydrogen-bond donors (Lipinski definition) is 3. The third-order valence-corrected chi connectivity index (χ3v) is 7.39. The molecular formula is C24H29N3O7S. The summed E-state index contributed by atoms with van der Waals surface area (Å²) in [5.74, 6) is 0.136. The predicted octanol–water partition coefficient (Wildman–Crippen LogP) is 2.83. The van der Waals surface area contributed by atoms with Gasteiger partial charge in [0.25, 0.3) is 0 Å². The van der Waals surface area contributed by atoms with E-state index in [4.69, 9.17) is 14.2 Å². The second-order valence-electron chi connectivity index (χ2n) is 8.87. The van der Waals surface area contributed by atoms with Crippen molar-refractivity contribution in [2.24, 2.45) is 0 Å². The van der Waals surface area contributed by atoms with Crippen LogP contribution in [0.4, 0.5) is 16.2 Å². The number of carbonyl (C=O) groups excluding carboxylic acids is 2. The van der Waals surface area contributed by atoms with Crippen LogP contribution in [-0.4, -0.2) is 58.0 Å². The van der Waals surface area contributed by atoms with E-state index in [1.807, 2.05) is 24.3 Å². The average molecular weight is 504 g/mol. The second kappa shape index (κ2) is 10.3. The Labute approximate surface area is 204 Å². The molecule has 4 rings (SSSR count). The van der Waals surface area contributed by atoms with Crippen molar-refractivity contribution in [3.05, 3.63) is 54.1 Å². The van der Waals surface area contributed by atoms with Gasteiger partial charge in [-0.15, -0.1) is 0 Å². The first-order chi connectivity index (χ1) is 16.6. The van der Waals surface area contributed by atoms with Crippen molar-refractivity contribution in [1.29, 1.82) is 0 Å². The van der Waals surface area contributed by atoms with E-state index in [-0.39, 0.29) is 24.0 Å². The van der Waals surface area contributed by atoms with E-state index in [0.717, 1.165) is 5.56 Å². The van der Waals surface area contributed by atoms with Crippen LogP contribution in [0.5, 0.6) is 0 Å². The summed E-state index contributed by atoms with van der Waals surface area (Å²) < 4.78 is 45.3. The van der Waals surface area contributed by atoms with Gasteiger partial charge in [-0.1, -0.05) is 26.0 Å². The molecule has 2 heterocycles. The summed E-state index contributed by atoms with van der Waals surface area (Å²) in [7, 11) is -3.86. The number of anilines is 2. The lowest BCUT2D eigenvalue weighted by molar-refractivity contribution is -0.114. The Balaban J connectivity index is 1.32. The van der Waals surface area contributed by atoms with Gasteiger partial charge in [-0.2, -0.15) is 0 Å². The number of benzene rings is 2. The van der Waals surface area contributed by atoms with E-state index in [9.17, 15) is 18.0 Å². The maximum absolute atomic E-state index is 12.8. The smallest absolute Gasteiger partial charge is 0.412 e. The Bertz CT molecular complexity index is 1170. The van der Waals surface area contributed by atoms with E-state index in [0.29, 0.717) is 17.3 Å². The molecule has 0 aromatic heterocycles. The molecule has 0 spiro atoms. The molecule has 4 unspecified atom stereocenters. The maximum Gasteiger partial charge on any atom is 0.412 e. The standard InChI is InChI=1S/C24H29N3O7S/c1-14(2)16-4-6-18(7-5-16)26-24(29)34-21-13-33-22-20(12-32-23(21)22)27-35(30,31)19-10-8-17(9-11-19)25-15(3)28/h4-11,14,20-23,27H,12-13H2,1-3H3,(H,25,28)(H,26,29). The fourth-order valence-electron chi connectivity index (χ4n) is 4.09. The number of fused-ring (bicyclic) bond motifs is 1. The Kier molecular flexibility index (Phi) is 7.41. The largest absolute Gasteiger partial charge is 0.441 e. The van der Waals surface area contributed by atoms with Crippen molar-refractivity contribution in [3.63, 3.8) is 0 Å². The summed E-state index contributed by atoms with van der Waals surface area (Å²) in [6.07, 6.45) is -2.48. The minimum absolute atomic E-state index is 0.0451. The van der Waals surface area contributed by atoms with Gasteiger partial charge in [0.2, 0.25) is 15.9 Å². The molecule has 2 fully saturated rings. The fourth-order valence-corrected chi connectivity index (χ4v) is 5.32. The molecule has 4 atom stereocenters. The summed E-state index contributed by atoms with van der Waals surface area (Å²) in [5.41, 5.74) is 2.26. The summed E-state index contributed by atoms with van der Waals surface area (Å²) in [4.78, 5) is 23.6. The zero-order valence-electron chi connectivity index (χ0n) is 19.7. The van der Waals surface area contributed by atoms with E-state index >= 15 is 0 Å². The van der Waals surface area contributed by atoms with Gasteiger partial charge in [-0.05, 0) is 47.9 Å². The van der Waals surface area contributed by atoms with Gasteiger partial charge in [-0.25, -0.2) is 17.9 Å². The number of carbonyl (C=O) groups is 2. The molecule has 0 saturated carbocycles. The van der Waals surface area contributed by atoms with Gasteiger partial charge < -0.3 is 19.5 Å². The molecule has 10 nitrogen and oxygen atoms in total. The van der Waals surface area contributed by atoms with Crippen LogP contribution in [0.1, 0.15) is 32.3 Å². The summed E-state index contributed by atoms with van der Waals surface area (Å²) >= 11 is 0. The number of amides is 2. The SMILES string of the molecule is CC(=O)Nc1ccc(S(=O)(=O)NC2COC3C(OC(=O)Nc4ccc(C(C)C)cc4)COC23)cc1. The molecule has 188 valence electrons. The number of ether oxygens (including phenoxy) is 3. The van der Waals surface area contributed by atoms with Crippen molar-refractivity contribution in [3.8, 4) is 0 Å². The molecule has 2 saturated heterocycles. The number of rotatable bonds is 7. The van der Waals surface area contributed by atoms with E-state index < -0.39 is 40.5 Å². The van der Waals surface area contributed by atoms with Crippen LogP contribution in [0.25, 0.3) is 0 Å². The maximum atomic E-state index is 12.8. The molecule has 0 radical (unpaired) electrons. The van der Waals surface area contributed by atoms with Gasteiger partial charge >= 0.3 is 6.09 Å². The molecule has 0 aliphatic carbocycles. The van der Waals surface area contributed by atoms with Crippen LogP contribution in [0.2, 0.25) is 0 Å². The van der Waals surface area contributed by atoms with Crippen molar-refractivity contribution >= 4 is 33.4 Å². The lowest BCUT2D eigenvalue weighted by Crippen LogP contribution is -2.44. The van der Waals surface area contributed by atoms with E-state index in [1.54, 1.807) is 0 Å². The van der Waals surface area contributed by atoms with Crippen LogP contribution < -0.4 is 15.4 Å². The first-order valence-electron chi connectivity index (χ1n) is 11.3. The monoisotopic (exact) mass is 503 g/mol. The highest BCUT2D eigenvalue weighted by Gasteiger charge is 2.50. The average Bonchev–Trinajstić information content (AvgIpc) is 3.37. The molecule has 2 aromatic carbocycles. The first-order valence-corrected chi connectivity index (χ1v) is 12.8. The van der Waals surface area contributed by atoms with Crippen LogP contribution in [0.3, 0.4) is 0 Å². The highest BCUT2D eigenvalue weighted by atomic mass is 32.2. The highest BCUT2D eigenvalue weighted by Crippen LogP contribution is 2.30. The van der Waals surface area contributed by atoms with Crippen LogP contribution in [0.15, 0.2) is 53.4 Å². The zero-order valence-corrected chi connectivity index (χ0v) is 20.5. The van der Waals surface area contributed by atoms with E-state index in [2.05, 4.69) is 29.2 Å². The molecule has 0 bridgehead atoms. The molecule has 2 aromatic rings. The van der Waals surface area contributed by atoms with E-state index in [1.165, 1.54) is 31.2 Å². The van der Waals surface area contributed by atoms with Crippen molar-refractivity contribution in [2.75, 3.05) is 23.8 Å².